The molecule has 6 aromatic heterocycles. The first-order chi connectivity index (χ1) is 69.7. The monoisotopic (exact) mass is 1960 g/mol. The van der Waals surface area contributed by atoms with E-state index in [-0.39, 0.29) is 60.7 Å². The number of allylic oxidation sites excluding steroid dienone is 12. The number of halogens is 1. The molecule has 6 atom stereocenters. The number of hydrogen-bond acceptors (Lipinski definition) is 14. The standard InChI is InChI=1S/C21H23FN2O.2C21H21N3O.3C21H24N2O/c1-12-6-5-7-14(8-12)21(4)17-13(10-20(2,3)11-16(17)25)9-15-18(21)19(22)24-23-15;2*1-20(2)9-14-8-17-16(12-23-24-17)21(3,19(14)18(25)10-20)15-6-4-5-13(7-15)11-22;1-13-6-5-7-15(8-13)21(4)16-12-22-23-17(16)9-14-10-20(2,3)11-18(24)19(14)21;2*1-4-21(15-8-6-5-7-9-15)16-13-22-23-17(16)10-14-11-20(2,3)12-18(24)19(14)21/h5-8H,9-11H2,1-4H3,(H,23,24);2*4-7,12H,8-10H2,1-3H3,(H,23,24);5-8,12H,9-11H2,1-4H3,(H,22,23);2*5-9,13H,4,10-12H2,1-3H3,(H,22,23)/t;21-;;2*21-;/m.0.00./s1. The molecule has 6 heterocycles. The quantitative estimate of drug-likeness (QED) is 0.0824. The Morgan fingerprint density at radius 3 is 0.823 bits per heavy atom. The summed E-state index contributed by atoms with van der Waals surface area (Å²) in [6, 6.07) is 57.2. The SMILES string of the molecule is CC1(C)CC(=O)C2=C(Cc3[nH]ncc3C2(C)c2cccc(C#N)c2)C1.CC1(C)CC(=O)C2=C(Cc3[nH]ncc3[C@]2(C)c2cccc(C#N)c2)C1.CCC1(c2ccccc2)C2=C(Cc3[nH]ncc31)CC(C)(C)CC2=O.CC[C@@]1(c2ccccc2)C2=C(Cc3[nH]ncc31)CC(C)(C)CC2=O.Cc1cccc(C2(C)C3=C(Cc4[nH]nc(F)c42)CC(C)(C)CC3=O)c1.Cc1cccc([C@]2(C)C3=C(Cc4[nH]ncc42)CC(C)(C)CC3=O)c1. The highest BCUT2D eigenvalue weighted by Crippen LogP contribution is 2.61. The maximum atomic E-state index is 14.7. The van der Waals surface area contributed by atoms with Crippen LogP contribution in [-0.4, -0.2) is 95.9 Å². The number of hydrogen-bond donors (Lipinski definition) is 6. The highest BCUT2D eigenvalue weighted by atomic mass is 19.1. The van der Waals surface area contributed by atoms with Gasteiger partial charge in [0.05, 0.1) is 70.5 Å². The van der Waals surface area contributed by atoms with Gasteiger partial charge in [-0.1, -0.05) is 275 Å². The molecule has 24 rings (SSSR count). The van der Waals surface area contributed by atoms with Crippen LogP contribution in [0.4, 0.5) is 4.39 Å². The number of aromatic nitrogens is 12. The Kier molecular flexibility index (Phi) is 25.8. The number of ketones is 6. The highest BCUT2D eigenvalue weighted by molar-refractivity contribution is 6.06. The summed E-state index contributed by atoms with van der Waals surface area (Å²) in [5.41, 5.74) is 32.8. The van der Waals surface area contributed by atoms with E-state index < -0.39 is 27.6 Å². The van der Waals surface area contributed by atoms with E-state index in [0.717, 1.165) is 184 Å². The van der Waals surface area contributed by atoms with Crippen molar-refractivity contribution in [3.05, 3.63) is 385 Å². The fourth-order valence-corrected chi connectivity index (χ4v) is 28.6. The summed E-state index contributed by atoms with van der Waals surface area (Å²) in [6.07, 6.45) is 24.9. The number of nitrogens with zero attached hydrogens (tertiary/aromatic N) is 8. The average Bonchev–Trinajstić information content (AvgIpc) is 1.66. The minimum Gasteiger partial charge on any atom is -0.294 e. The van der Waals surface area contributed by atoms with Crippen molar-refractivity contribution in [2.45, 2.75) is 299 Å². The van der Waals surface area contributed by atoms with E-state index in [0.29, 0.717) is 79.0 Å². The Bertz CT molecular complexity index is 7380. The smallest absolute Gasteiger partial charge is 0.237 e. The first-order valence-corrected chi connectivity index (χ1v) is 52.4. The minimum atomic E-state index is -0.792. The summed E-state index contributed by atoms with van der Waals surface area (Å²) in [6.45, 7) is 42.9. The molecule has 12 aliphatic carbocycles. The third kappa shape index (κ3) is 17.7. The zero-order valence-electron chi connectivity index (χ0n) is 88.9. The first-order valence-electron chi connectivity index (χ1n) is 52.4. The van der Waals surface area contributed by atoms with Crippen LogP contribution < -0.4 is 0 Å². The Balaban J connectivity index is 0.000000111. The molecular formula is C126H137FN14O6. The summed E-state index contributed by atoms with van der Waals surface area (Å²) >= 11 is 0. The van der Waals surface area contributed by atoms with Gasteiger partial charge in [-0.05, 0) is 183 Å². The third-order valence-corrected chi connectivity index (χ3v) is 34.3. The number of aromatic amines is 6. The van der Waals surface area contributed by atoms with Crippen molar-refractivity contribution in [3.8, 4) is 12.1 Å². The molecule has 0 spiro atoms. The topological polar surface area (TPSA) is 322 Å². The van der Waals surface area contributed by atoms with Gasteiger partial charge in [-0.3, -0.25) is 59.4 Å². The lowest BCUT2D eigenvalue weighted by atomic mass is 9.57. The van der Waals surface area contributed by atoms with E-state index in [2.05, 4.69) is 277 Å². The van der Waals surface area contributed by atoms with Gasteiger partial charge in [0.25, 0.3) is 0 Å². The summed E-state index contributed by atoms with van der Waals surface area (Å²) in [7, 11) is 0. The molecule has 6 aromatic carbocycles. The third-order valence-electron chi connectivity index (χ3n) is 34.3. The van der Waals surface area contributed by atoms with E-state index >= 15 is 0 Å². The van der Waals surface area contributed by atoms with E-state index in [1.54, 1.807) is 12.1 Å². The van der Waals surface area contributed by atoms with E-state index in [4.69, 9.17) is 0 Å². The van der Waals surface area contributed by atoms with Crippen LogP contribution in [0.3, 0.4) is 0 Å². The molecule has 147 heavy (non-hydrogen) atoms. The second-order valence-corrected chi connectivity index (χ2v) is 49.1. The van der Waals surface area contributed by atoms with Crippen molar-refractivity contribution < 1.29 is 33.2 Å². The predicted octanol–water partition coefficient (Wildman–Crippen LogP) is 25.0. The molecule has 0 radical (unpaired) electrons. The van der Waals surface area contributed by atoms with Gasteiger partial charge in [0.1, 0.15) is 0 Å². The normalized spacial score (nSPS) is 25.0. The molecule has 3 unspecified atom stereocenters. The molecule has 6 N–H and O–H groups in total. The van der Waals surface area contributed by atoms with Crippen molar-refractivity contribution in [3.63, 3.8) is 0 Å². The maximum Gasteiger partial charge on any atom is 0.237 e. The van der Waals surface area contributed by atoms with E-state index in [1.165, 1.54) is 72.6 Å². The zero-order chi connectivity index (χ0) is 105. The van der Waals surface area contributed by atoms with Crippen LogP contribution in [0.5, 0.6) is 0 Å². The average molecular weight is 1960 g/mol. The molecule has 0 saturated heterocycles. The lowest BCUT2D eigenvalue weighted by Crippen LogP contribution is -2.42. The second-order valence-electron chi connectivity index (χ2n) is 49.1. The van der Waals surface area contributed by atoms with Gasteiger partial charge in [-0.2, -0.15) is 40.4 Å². The summed E-state index contributed by atoms with van der Waals surface area (Å²) in [5, 5.41) is 62.6. The molecule has 0 saturated carbocycles. The number of nitrogens with one attached hydrogen (secondary N) is 6. The van der Waals surface area contributed by atoms with Gasteiger partial charge in [0.2, 0.25) is 5.95 Å². The molecule has 754 valence electrons. The summed E-state index contributed by atoms with van der Waals surface area (Å²) in [4.78, 5) is 79.1. The van der Waals surface area contributed by atoms with Crippen molar-refractivity contribution in [1.82, 2.24) is 61.2 Å². The van der Waals surface area contributed by atoms with Crippen molar-refractivity contribution >= 4 is 34.7 Å². The fraction of sp³-hybridized carbons (Fsp3) is 0.413. The van der Waals surface area contributed by atoms with E-state index in [1.807, 2.05) is 112 Å². The van der Waals surface area contributed by atoms with Crippen LogP contribution in [0, 0.1) is 74.9 Å². The minimum absolute atomic E-state index is 0.0111. The first kappa shape index (κ1) is 102. The molecule has 0 aliphatic heterocycles. The number of rotatable bonds is 8. The molecule has 0 bridgehead atoms. The van der Waals surface area contributed by atoms with Gasteiger partial charge >= 0.3 is 0 Å². The van der Waals surface area contributed by atoms with Crippen LogP contribution in [0.2, 0.25) is 0 Å². The predicted molar refractivity (Wildman–Crippen MR) is 570 cm³/mol. The lowest BCUT2D eigenvalue weighted by Gasteiger charge is -2.45. The lowest BCUT2D eigenvalue weighted by molar-refractivity contribution is -0.119. The van der Waals surface area contributed by atoms with E-state index in [9.17, 15) is 43.7 Å². The van der Waals surface area contributed by atoms with Gasteiger partial charge < -0.3 is 0 Å². The van der Waals surface area contributed by atoms with Crippen molar-refractivity contribution in [2.24, 2.45) is 32.5 Å². The Morgan fingerprint density at radius 2 is 0.531 bits per heavy atom. The zero-order valence-corrected chi connectivity index (χ0v) is 88.9. The number of carbonyl (C=O) groups is 6. The number of Topliss-reactive ketones (excluding diaryl/α,β-unsaturated/α-hetero) is 6. The second kappa shape index (κ2) is 37.4. The maximum absolute atomic E-state index is 14.7. The Hall–Kier alpha value is -14.1. The number of nitriles is 2. The molecule has 0 fully saturated rings. The van der Waals surface area contributed by atoms with Gasteiger partial charge in [0, 0.05) is 194 Å². The number of aryl methyl sites for hydroxylation is 2. The molecule has 12 aromatic rings. The molecule has 20 nitrogen and oxygen atoms in total. The number of carbonyl (C=O) groups excluding carboxylic acids is 6. The number of benzene rings is 6. The van der Waals surface area contributed by atoms with Gasteiger partial charge in [0.15, 0.2) is 34.7 Å². The summed E-state index contributed by atoms with van der Waals surface area (Å²) in [5.74, 6) is 1.03. The molecule has 21 heteroatoms. The molecule has 12 aliphatic rings. The van der Waals surface area contributed by atoms with Crippen molar-refractivity contribution in [1.29, 1.82) is 10.5 Å². The number of H-pyrrole nitrogens is 6. The Morgan fingerprint density at radius 1 is 0.286 bits per heavy atom. The molecule has 0 amide bonds. The van der Waals surface area contributed by atoms with Crippen LogP contribution in [0.25, 0.3) is 0 Å². The largest absolute Gasteiger partial charge is 0.294 e. The van der Waals surface area contributed by atoms with Crippen LogP contribution >= 0.6 is 0 Å². The fourth-order valence-electron chi connectivity index (χ4n) is 28.6. The van der Waals surface area contributed by atoms with Crippen molar-refractivity contribution in [2.75, 3.05) is 0 Å². The Labute approximate surface area is 862 Å². The van der Waals surface area contributed by atoms with Crippen LogP contribution in [-0.2, 0) is 99.8 Å². The summed E-state index contributed by atoms with van der Waals surface area (Å²) < 4.78 is 14.7. The van der Waals surface area contributed by atoms with Gasteiger partial charge in [-0.15, -0.1) is 5.10 Å². The highest BCUT2D eigenvalue weighted by Gasteiger charge is 2.57. The van der Waals surface area contributed by atoms with Crippen LogP contribution in [0.1, 0.15) is 338 Å². The van der Waals surface area contributed by atoms with Gasteiger partial charge in [-0.25, -0.2) is 0 Å². The molecular weight excluding hydrogens is 1820 g/mol. The number of fused-ring (bicyclic) bond motifs is 6. The van der Waals surface area contributed by atoms with Crippen LogP contribution in [0.15, 0.2) is 256 Å².